The molecule has 0 aliphatic rings. The first-order valence-corrected chi connectivity index (χ1v) is 7.32. The van der Waals surface area contributed by atoms with Gasteiger partial charge in [-0.05, 0) is 31.4 Å². The van der Waals surface area contributed by atoms with E-state index in [1.54, 1.807) is 23.6 Å². The number of aryl methyl sites for hydroxylation is 2. The van der Waals surface area contributed by atoms with Crippen LogP contribution in [-0.2, 0) is 13.6 Å². The molecule has 1 N–H and O–H groups in total. The van der Waals surface area contributed by atoms with E-state index in [0.29, 0.717) is 6.54 Å². The number of ether oxygens (including phenoxy) is 1. The van der Waals surface area contributed by atoms with Gasteiger partial charge in [-0.15, -0.1) is 11.8 Å². The molecule has 19 heavy (non-hydrogen) atoms. The van der Waals surface area contributed by atoms with Crippen LogP contribution in [0.1, 0.15) is 11.3 Å². The van der Waals surface area contributed by atoms with Gasteiger partial charge in [-0.2, -0.15) is 5.10 Å². The van der Waals surface area contributed by atoms with Gasteiger partial charge in [0.25, 0.3) is 0 Å². The molecule has 0 spiro atoms. The molecule has 0 saturated carbocycles. The predicted molar refractivity (Wildman–Crippen MR) is 80.0 cm³/mol. The Bertz CT molecular complexity index is 566. The van der Waals surface area contributed by atoms with Gasteiger partial charge in [-0.1, -0.05) is 6.07 Å². The van der Waals surface area contributed by atoms with Crippen LogP contribution in [0.4, 0.5) is 5.69 Å². The molecule has 0 unspecified atom stereocenters. The molecule has 1 aromatic heterocycles. The minimum Gasteiger partial charge on any atom is -0.481 e. The van der Waals surface area contributed by atoms with E-state index in [-0.39, 0.29) is 0 Å². The number of aromatic nitrogens is 2. The zero-order chi connectivity index (χ0) is 13.8. The lowest BCUT2D eigenvalue weighted by atomic mass is 10.2. The highest BCUT2D eigenvalue weighted by atomic mass is 32.2. The monoisotopic (exact) mass is 277 g/mol. The third kappa shape index (κ3) is 3.04. The standard InChI is InChI=1S/C14H19N3OS/c1-10-13(14(18-3)17(2)16-10)9-15-11-6-5-7-12(8-11)19-4/h5-8,15H,9H2,1-4H3. The van der Waals surface area contributed by atoms with Gasteiger partial charge in [-0.3, -0.25) is 0 Å². The van der Waals surface area contributed by atoms with Crippen LogP contribution in [0.5, 0.6) is 5.88 Å². The van der Waals surface area contributed by atoms with E-state index >= 15 is 0 Å². The second kappa shape index (κ2) is 6.02. The van der Waals surface area contributed by atoms with Crippen molar-refractivity contribution in [3.63, 3.8) is 0 Å². The Labute approximate surface area is 118 Å². The number of benzene rings is 1. The molecule has 2 aromatic rings. The molecule has 0 radical (unpaired) electrons. The fourth-order valence-electron chi connectivity index (χ4n) is 2.06. The van der Waals surface area contributed by atoms with Crippen LogP contribution in [0.15, 0.2) is 29.2 Å². The molecule has 2 rings (SSSR count). The van der Waals surface area contributed by atoms with Crippen molar-refractivity contribution in [1.82, 2.24) is 9.78 Å². The Morgan fingerprint density at radius 1 is 1.42 bits per heavy atom. The van der Waals surface area contributed by atoms with Gasteiger partial charge >= 0.3 is 0 Å². The predicted octanol–water partition coefficient (Wildman–Crippen LogP) is 3.07. The van der Waals surface area contributed by atoms with Crippen LogP contribution in [0.2, 0.25) is 0 Å². The van der Waals surface area contributed by atoms with Crippen molar-refractivity contribution in [2.45, 2.75) is 18.4 Å². The Morgan fingerprint density at radius 2 is 2.21 bits per heavy atom. The third-order valence-corrected chi connectivity index (χ3v) is 3.75. The lowest BCUT2D eigenvalue weighted by Gasteiger charge is -2.09. The lowest BCUT2D eigenvalue weighted by molar-refractivity contribution is 0.370. The first-order chi connectivity index (χ1) is 9.15. The lowest BCUT2D eigenvalue weighted by Crippen LogP contribution is -2.03. The second-order valence-electron chi connectivity index (χ2n) is 4.28. The number of anilines is 1. The maximum Gasteiger partial charge on any atom is 0.216 e. The third-order valence-electron chi connectivity index (χ3n) is 3.02. The fourth-order valence-corrected chi connectivity index (χ4v) is 2.52. The van der Waals surface area contributed by atoms with Crippen LogP contribution >= 0.6 is 11.8 Å². The van der Waals surface area contributed by atoms with Crippen molar-refractivity contribution < 1.29 is 4.74 Å². The smallest absolute Gasteiger partial charge is 0.216 e. The van der Waals surface area contributed by atoms with Crippen molar-refractivity contribution in [1.29, 1.82) is 0 Å². The highest BCUT2D eigenvalue weighted by Crippen LogP contribution is 2.23. The van der Waals surface area contributed by atoms with Crippen LogP contribution in [0.25, 0.3) is 0 Å². The molecule has 1 heterocycles. The van der Waals surface area contributed by atoms with Gasteiger partial charge in [0.05, 0.1) is 18.4 Å². The number of nitrogens with one attached hydrogen (secondary N) is 1. The largest absolute Gasteiger partial charge is 0.481 e. The van der Waals surface area contributed by atoms with Crippen LogP contribution < -0.4 is 10.1 Å². The summed E-state index contributed by atoms with van der Waals surface area (Å²) in [5.41, 5.74) is 3.20. The van der Waals surface area contributed by atoms with Crippen molar-refractivity contribution >= 4 is 17.4 Å². The molecule has 0 atom stereocenters. The summed E-state index contributed by atoms with van der Waals surface area (Å²) in [7, 11) is 3.57. The summed E-state index contributed by atoms with van der Waals surface area (Å²) in [5, 5.41) is 7.79. The van der Waals surface area contributed by atoms with E-state index in [4.69, 9.17) is 4.74 Å². The zero-order valence-electron chi connectivity index (χ0n) is 11.7. The van der Waals surface area contributed by atoms with Gasteiger partial charge in [0.1, 0.15) is 0 Å². The van der Waals surface area contributed by atoms with Gasteiger partial charge in [-0.25, -0.2) is 4.68 Å². The fraction of sp³-hybridized carbons (Fsp3) is 0.357. The Morgan fingerprint density at radius 3 is 2.89 bits per heavy atom. The molecule has 0 aliphatic heterocycles. The highest BCUT2D eigenvalue weighted by Gasteiger charge is 2.13. The molecule has 0 fully saturated rings. The number of nitrogens with zero attached hydrogens (tertiary/aromatic N) is 2. The van der Waals surface area contributed by atoms with Crippen molar-refractivity contribution in [3.05, 3.63) is 35.5 Å². The average Bonchev–Trinajstić information content (AvgIpc) is 2.70. The van der Waals surface area contributed by atoms with Gasteiger partial charge in [0.15, 0.2) is 0 Å². The topological polar surface area (TPSA) is 39.1 Å². The molecule has 1 aromatic carbocycles. The summed E-state index contributed by atoms with van der Waals surface area (Å²) in [6, 6.07) is 8.37. The molecule has 4 nitrogen and oxygen atoms in total. The molecule has 0 saturated heterocycles. The van der Waals surface area contributed by atoms with Gasteiger partial charge in [0, 0.05) is 24.2 Å². The van der Waals surface area contributed by atoms with Crippen LogP contribution in [0.3, 0.4) is 0 Å². The number of hydrogen-bond donors (Lipinski definition) is 1. The molecular formula is C14H19N3OS. The van der Waals surface area contributed by atoms with E-state index in [1.165, 1.54) is 4.90 Å². The molecule has 0 aliphatic carbocycles. The summed E-state index contributed by atoms with van der Waals surface area (Å²) < 4.78 is 7.16. The average molecular weight is 277 g/mol. The van der Waals surface area contributed by atoms with Gasteiger partial charge < -0.3 is 10.1 Å². The first-order valence-electron chi connectivity index (χ1n) is 6.10. The summed E-state index contributed by atoms with van der Waals surface area (Å²) in [6.07, 6.45) is 2.08. The van der Waals surface area contributed by atoms with Crippen molar-refractivity contribution in [2.24, 2.45) is 7.05 Å². The van der Waals surface area contributed by atoms with E-state index in [2.05, 4.69) is 40.9 Å². The summed E-state index contributed by atoms with van der Waals surface area (Å²) in [4.78, 5) is 1.25. The van der Waals surface area contributed by atoms with E-state index in [0.717, 1.165) is 22.8 Å². The molecule has 0 amide bonds. The number of hydrogen-bond acceptors (Lipinski definition) is 4. The summed E-state index contributed by atoms with van der Waals surface area (Å²) in [5.74, 6) is 0.811. The Balaban J connectivity index is 2.14. The minimum atomic E-state index is 0.709. The maximum atomic E-state index is 5.39. The van der Waals surface area contributed by atoms with E-state index in [9.17, 15) is 0 Å². The number of methoxy groups -OCH3 is 1. The molecule has 102 valence electrons. The van der Waals surface area contributed by atoms with Crippen LogP contribution in [-0.4, -0.2) is 23.1 Å². The highest BCUT2D eigenvalue weighted by molar-refractivity contribution is 7.98. The Kier molecular flexibility index (Phi) is 4.37. The van der Waals surface area contributed by atoms with Crippen LogP contribution in [0, 0.1) is 6.92 Å². The van der Waals surface area contributed by atoms with E-state index in [1.807, 2.05) is 14.0 Å². The number of rotatable bonds is 5. The summed E-state index contributed by atoms with van der Waals surface area (Å²) in [6.45, 7) is 2.71. The zero-order valence-corrected chi connectivity index (χ0v) is 12.5. The molecule has 5 heteroatoms. The second-order valence-corrected chi connectivity index (χ2v) is 5.16. The number of thioether (sulfide) groups is 1. The summed E-state index contributed by atoms with van der Waals surface area (Å²) >= 11 is 1.74. The molecular weight excluding hydrogens is 258 g/mol. The quantitative estimate of drug-likeness (QED) is 0.853. The maximum absolute atomic E-state index is 5.39. The SMILES string of the molecule is COc1c(CNc2cccc(SC)c2)c(C)nn1C. The van der Waals surface area contributed by atoms with Crippen molar-refractivity contribution in [2.75, 3.05) is 18.7 Å². The van der Waals surface area contributed by atoms with Gasteiger partial charge in [0.2, 0.25) is 5.88 Å². The van der Waals surface area contributed by atoms with E-state index < -0.39 is 0 Å². The first kappa shape index (κ1) is 13.8. The Hall–Kier alpha value is -1.62. The normalized spacial score (nSPS) is 10.5. The molecule has 0 bridgehead atoms. The van der Waals surface area contributed by atoms with Crippen molar-refractivity contribution in [3.8, 4) is 5.88 Å². The minimum absolute atomic E-state index is 0.709.